The van der Waals surface area contributed by atoms with Gasteiger partial charge in [-0.2, -0.15) is 0 Å². The van der Waals surface area contributed by atoms with Crippen LogP contribution in [0, 0.1) is 5.82 Å². The molecule has 0 saturated carbocycles. The second-order valence-electron chi connectivity index (χ2n) is 9.17. The number of anilines is 1. The number of ether oxygens (including phenoxy) is 3. The van der Waals surface area contributed by atoms with Crippen LogP contribution in [0.4, 0.5) is 10.1 Å². The zero-order valence-corrected chi connectivity index (χ0v) is 25.1. The number of amides is 2. The molecule has 0 radical (unpaired) electrons. The topological polar surface area (TPSA) is 114 Å². The first-order valence-electron chi connectivity index (χ1n) is 13.3. The Balaban J connectivity index is 2.07. The molecule has 226 valence electrons. The summed E-state index contributed by atoms with van der Waals surface area (Å²) in [5.74, 6) is -0.449. The number of nitrogens with zero attached hydrogens (tertiary/aromatic N) is 2. The van der Waals surface area contributed by atoms with E-state index in [4.69, 9.17) is 14.2 Å². The van der Waals surface area contributed by atoms with E-state index in [1.54, 1.807) is 26.0 Å². The van der Waals surface area contributed by atoms with Crippen LogP contribution in [0.5, 0.6) is 17.2 Å². The first kappa shape index (κ1) is 32.2. The molecular formula is C30H36FN3O7S. The van der Waals surface area contributed by atoms with Crippen LogP contribution in [0.2, 0.25) is 0 Å². The lowest BCUT2D eigenvalue weighted by Gasteiger charge is -2.32. The van der Waals surface area contributed by atoms with Crippen molar-refractivity contribution in [2.75, 3.05) is 38.2 Å². The molecule has 3 aromatic carbocycles. The third-order valence-electron chi connectivity index (χ3n) is 6.44. The summed E-state index contributed by atoms with van der Waals surface area (Å²) in [6.45, 7) is 5.21. The van der Waals surface area contributed by atoms with Crippen LogP contribution < -0.4 is 23.8 Å². The molecule has 0 aliphatic carbocycles. The summed E-state index contributed by atoms with van der Waals surface area (Å²) in [6.07, 6.45) is 0. The van der Waals surface area contributed by atoms with Gasteiger partial charge in [0.1, 0.15) is 24.2 Å². The summed E-state index contributed by atoms with van der Waals surface area (Å²) < 4.78 is 58.7. The minimum Gasteiger partial charge on any atom is -0.494 e. The maximum Gasteiger partial charge on any atom is 0.264 e. The fourth-order valence-electron chi connectivity index (χ4n) is 4.20. The van der Waals surface area contributed by atoms with E-state index >= 15 is 0 Å². The van der Waals surface area contributed by atoms with E-state index in [2.05, 4.69) is 5.32 Å². The van der Waals surface area contributed by atoms with Gasteiger partial charge in [-0.25, -0.2) is 12.8 Å². The van der Waals surface area contributed by atoms with Crippen LogP contribution >= 0.6 is 0 Å². The van der Waals surface area contributed by atoms with Crippen molar-refractivity contribution in [2.45, 2.75) is 38.3 Å². The zero-order valence-electron chi connectivity index (χ0n) is 24.3. The molecule has 42 heavy (non-hydrogen) atoms. The van der Waals surface area contributed by atoms with Gasteiger partial charge in [-0.15, -0.1) is 0 Å². The molecule has 0 aromatic heterocycles. The van der Waals surface area contributed by atoms with E-state index in [0.717, 1.165) is 4.31 Å². The van der Waals surface area contributed by atoms with E-state index in [-0.39, 0.29) is 22.9 Å². The Labute approximate surface area is 246 Å². The molecule has 1 atom stereocenters. The van der Waals surface area contributed by atoms with Gasteiger partial charge in [0.15, 0.2) is 11.5 Å². The molecule has 3 rings (SSSR count). The Kier molecular flexibility index (Phi) is 11.1. The number of benzene rings is 3. The fraction of sp³-hybridized carbons (Fsp3) is 0.333. The maximum atomic E-state index is 14.1. The molecule has 1 unspecified atom stereocenters. The van der Waals surface area contributed by atoms with E-state index in [1.807, 2.05) is 6.92 Å². The first-order chi connectivity index (χ1) is 20.0. The molecular weight excluding hydrogens is 565 g/mol. The molecule has 12 heteroatoms. The maximum absolute atomic E-state index is 14.1. The highest BCUT2D eigenvalue weighted by Gasteiger charge is 2.33. The van der Waals surface area contributed by atoms with E-state index in [1.165, 1.54) is 73.7 Å². The van der Waals surface area contributed by atoms with Gasteiger partial charge in [0, 0.05) is 19.2 Å². The van der Waals surface area contributed by atoms with Gasteiger partial charge in [-0.05, 0) is 74.9 Å². The number of sulfonamides is 1. The number of rotatable bonds is 14. The van der Waals surface area contributed by atoms with Crippen molar-refractivity contribution in [2.24, 2.45) is 0 Å². The van der Waals surface area contributed by atoms with E-state index < -0.39 is 40.2 Å². The van der Waals surface area contributed by atoms with Gasteiger partial charge in [0.05, 0.1) is 31.4 Å². The Morgan fingerprint density at radius 3 is 2.14 bits per heavy atom. The average Bonchev–Trinajstić information content (AvgIpc) is 2.99. The Hall–Kier alpha value is -4.32. The van der Waals surface area contributed by atoms with Crippen LogP contribution in [0.25, 0.3) is 0 Å². The molecule has 2 amide bonds. The van der Waals surface area contributed by atoms with Gasteiger partial charge < -0.3 is 24.4 Å². The highest BCUT2D eigenvalue weighted by Crippen LogP contribution is 2.33. The van der Waals surface area contributed by atoms with E-state index in [0.29, 0.717) is 30.2 Å². The number of halogens is 1. The van der Waals surface area contributed by atoms with Crippen molar-refractivity contribution < 1.29 is 36.6 Å². The van der Waals surface area contributed by atoms with Gasteiger partial charge >= 0.3 is 0 Å². The smallest absolute Gasteiger partial charge is 0.264 e. The van der Waals surface area contributed by atoms with Crippen LogP contribution in [-0.2, 0) is 26.2 Å². The molecule has 0 fully saturated rings. The van der Waals surface area contributed by atoms with Crippen LogP contribution in [0.15, 0.2) is 71.6 Å². The summed E-state index contributed by atoms with van der Waals surface area (Å²) in [5, 5.41) is 2.69. The predicted octanol–water partition coefficient (Wildman–Crippen LogP) is 3.99. The minimum absolute atomic E-state index is 0.0507. The molecule has 0 spiro atoms. The Morgan fingerprint density at radius 2 is 1.57 bits per heavy atom. The standard InChI is InChI=1S/C30H36FN3O7S/c1-6-32-30(36)21(3)33(19-22-8-10-23(31)11-9-22)29(35)20-34(24-12-14-25(15-13-24)41-7-2)42(37,38)26-16-17-27(39-4)28(18-26)40-5/h8-18,21H,6-7,19-20H2,1-5H3,(H,32,36). The summed E-state index contributed by atoms with van der Waals surface area (Å²) in [5.41, 5.74) is 0.769. The Morgan fingerprint density at radius 1 is 0.929 bits per heavy atom. The third-order valence-corrected chi connectivity index (χ3v) is 8.21. The SMILES string of the molecule is CCNC(=O)C(C)N(Cc1ccc(F)cc1)C(=O)CN(c1ccc(OCC)cc1)S(=O)(=O)c1ccc(OC)c(OC)c1. The van der Waals surface area contributed by atoms with Crippen LogP contribution in [0.1, 0.15) is 26.3 Å². The van der Waals surface area contributed by atoms with Crippen molar-refractivity contribution in [3.63, 3.8) is 0 Å². The van der Waals surface area contributed by atoms with Crippen LogP contribution in [0.3, 0.4) is 0 Å². The van der Waals surface area contributed by atoms with Gasteiger partial charge in [0.2, 0.25) is 11.8 Å². The average molecular weight is 602 g/mol. The van der Waals surface area contributed by atoms with Gasteiger partial charge in [-0.3, -0.25) is 13.9 Å². The lowest BCUT2D eigenvalue weighted by Crippen LogP contribution is -2.51. The van der Waals surface area contributed by atoms with E-state index in [9.17, 15) is 22.4 Å². The zero-order chi connectivity index (χ0) is 30.9. The second-order valence-corrected chi connectivity index (χ2v) is 11.0. The first-order valence-corrected chi connectivity index (χ1v) is 14.8. The second kappa shape index (κ2) is 14.5. The van der Waals surface area contributed by atoms with Crippen molar-refractivity contribution in [1.29, 1.82) is 0 Å². The fourth-order valence-corrected chi connectivity index (χ4v) is 5.63. The van der Waals surface area contributed by atoms with Crippen LogP contribution in [-0.4, -0.2) is 65.1 Å². The normalized spacial score (nSPS) is 11.8. The number of hydrogen-bond acceptors (Lipinski definition) is 7. The van der Waals surface area contributed by atoms with Gasteiger partial charge in [-0.1, -0.05) is 12.1 Å². The molecule has 0 aliphatic rings. The van der Waals surface area contributed by atoms with Crippen molar-refractivity contribution >= 4 is 27.5 Å². The van der Waals surface area contributed by atoms with Crippen molar-refractivity contribution in [1.82, 2.24) is 10.2 Å². The van der Waals surface area contributed by atoms with Gasteiger partial charge in [0.25, 0.3) is 10.0 Å². The molecule has 10 nitrogen and oxygen atoms in total. The van der Waals surface area contributed by atoms with Crippen molar-refractivity contribution in [3.05, 3.63) is 78.1 Å². The third kappa shape index (κ3) is 7.69. The molecule has 0 bridgehead atoms. The number of likely N-dealkylation sites (N-methyl/N-ethyl adjacent to an activating group) is 1. The lowest BCUT2D eigenvalue weighted by atomic mass is 10.1. The Bertz CT molecular complexity index is 1470. The molecule has 0 aliphatic heterocycles. The van der Waals surface area contributed by atoms with Crippen molar-refractivity contribution in [3.8, 4) is 17.2 Å². The summed E-state index contributed by atoms with van der Waals surface area (Å²) in [7, 11) is -1.52. The number of nitrogens with one attached hydrogen (secondary N) is 1. The summed E-state index contributed by atoms with van der Waals surface area (Å²) in [4.78, 5) is 27.8. The molecule has 1 N–H and O–H groups in total. The summed E-state index contributed by atoms with van der Waals surface area (Å²) >= 11 is 0. The minimum atomic E-state index is -4.34. The quantitative estimate of drug-likeness (QED) is 0.297. The highest BCUT2D eigenvalue weighted by atomic mass is 32.2. The molecule has 0 saturated heterocycles. The number of methoxy groups -OCH3 is 2. The highest BCUT2D eigenvalue weighted by molar-refractivity contribution is 7.92. The number of carbonyl (C=O) groups is 2. The summed E-state index contributed by atoms with van der Waals surface area (Å²) in [6, 6.07) is 15.0. The monoisotopic (exact) mass is 601 g/mol. The largest absolute Gasteiger partial charge is 0.494 e. The number of carbonyl (C=O) groups excluding carboxylic acids is 2. The lowest BCUT2D eigenvalue weighted by molar-refractivity contribution is -0.139. The molecule has 0 heterocycles. The molecule has 3 aromatic rings. The predicted molar refractivity (Wildman–Crippen MR) is 157 cm³/mol. The number of hydrogen-bond donors (Lipinski definition) is 1.